The molecule has 2 aromatic rings. The summed E-state index contributed by atoms with van der Waals surface area (Å²) in [7, 11) is 1.65. The summed E-state index contributed by atoms with van der Waals surface area (Å²) in [5.74, 6) is 0.727. The number of hydrogen-bond donors (Lipinski definition) is 3. The third-order valence-electron chi connectivity index (χ3n) is 4.93. The molecule has 1 aromatic heterocycles. The zero-order valence-corrected chi connectivity index (χ0v) is 17.6. The maximum atomic E-state index is 12.6. The molecule has 2 heterocycles. The lowest BCUT2D eigenvalue weighted by molar-refractivity contribution is -0.117. The van der Waals surface area contributed by atoms with Crippen LogP contribution in [0.1, 0.15) is 33.4 Å². The number of para-hydroxylation sites is 1. The summed E-state index contributed by atoms with van der Waals surface area (Å²) in [6.45, 7) is 11.3. The lowest BCUT2D eigenvalue weighted by Crippen LogP contribution is -2.48. The number of nitrogens with one attached hydrogen (secondary N) is 3. The van der Waals surface area contributed by atoms with Crippen LogP contribution in [-0.4, -0.2) is 42.2 Å². The van der Waals surface area contributed by atoms with Gasteiger partial charge in [-0.05, 0) is 46.8 Å². The molecule has 0 aliphatic carbocycles. The van der Waals surface area contributed by atoms with Gasteiger partial charge in [-0.2, -0.15) is 0 Å². The van der Waals surface area contributed by atoms with E-state index in [-0.39, 0.29) is 17.0 Å². The first-order chi connectivity index (χ1) is 13.1. The lowest BCUT2D eigenvalue weighted by atomic mass is 9.96. The van der Waals surface area contributed by atoms with Crippen LogP contribution in [0.25, 0.3) is 10.9 Å². The predicted molar refractivity (Wildman–Crippen MR) is 114 cm³/mol. The number of aryl methyl sites for hydroxylation is 1. The van der Waals surface area contributed by atoms with Gasteiger partial charge < -0.3 is 15.4 Å². The normalized spacial score (nSPS) is 17.3. The van der Waals surface area contributed by atoms with Crippen LogP contribution in [0, 0.1) is 6.92 Å². The molecule has 28 heavy (non-hydrogen) atoms. The second-order valence-electron chi connectivity index (χ2n) is 8.38. The number of hydrogen-bond acceptors (Lipinski definition) is 5. The Labute approximate surface area is 166 Å². The molecule has 0 saturated heterocycles. The molecule has 1 aromatic carbocycles. The number of ether oxygens (including phenoxy) is 1. The van der Waals surface area contributed by atoms with Crippen LogP contribution in [0.3, 0.4) is 0 Å². The Balaban J connectivity index is 1.66. The third kappa shape index (κ3) is 4.12. The highest BCUT2D eigenvalue weighted by Crippen LogP contribution is 2.30. The molecular formula is C22H30N4O2. The molecule has 1 aliphatic heterocycles. The number of anilines is 1. The average molecular weight is 383 g/mol. The van der Waals surface area contributed by atoms with Crippen molar-refractivity contribution in [3.63, 3.8) is 0 Å². The average Bonchev–Trinajstić information content (AvgIpc) is 2.85. The number of benzene rings is 1. The highest BCUT2D eigenvalue weighted by Gasteiger charge is 2.39. The van der Waals surface area contributed by atoms with E-state index in [1.165, 1.54) is 0 Å². The van der Waals surface area contributed by atoms with Crippen molar-refractivity contribution in [3.05, 3.63) is 41.6 Å². The van der Waals surface area contributed by atoms with Crippen molar-refractivity contribution >= 4 is 22.5 Å². The minimum Gasteiger partial charge on any atom is -0.494 e. The van der Waals surface area contributed by atoms with Crippen LogP contribution >= 0.6 is 0 Å². The SMILES string of the molecule is COc1cccc2c(NCCNC(=O)C3=CC(C)(C)NC3(C)C)cc(C)nc12. The summed E-state index contributed by atoms with van der Waals surface area (Å²) in [6, 6.07) is 7.89. The summed E-state index contributed by atoms with van der Waals surface area (Å²) in [5, 5.41) is 10.9. The van der Waals surface area contributed by atoms with E-state index in [4.69, 9.17) is 4.74 Å². The minimum atomic E-state index is -0.337. The van der Waals surface area contributed by atoms with E-state index >= 15 is 0 Å². The highest BCUT2D eigenvalue weighted by molar-refractivity contribution is 5.97. The van der Waals surface area contributed by atoms with Gasteiger partial charge in [-0.3, -0.25) is 10.1 Å². The Kier molecular flexibility index (Phi) is 5.35. The van der Waals surface area contributed by atoms with Crippen molar-refractivity contribution in [2.24, 2.45) is 0 Å². The van der Waals surface area contributed by atoms with Crippen LogP contribution in [0.2, 0.25) is 0 Å². The van der Waals surface area contributed by atoms with Crippen molar-refractivity contribution < 1.29 is 9.53 Å². The largest absolute Gasteiger partial charge is 0.494 e. The number of amides is 1. The van der Waals surface area contributed by atoms with Gasteiger partial charge in [-0.25, -0.2) is 4.98 Å². The van der Waals surface area contributed by atoms with Gasteiger partial charge in [0.1, 0.15) is 11.3 Å². The molecule has 0 spiro atoms. The number of aromatic nitrogens is 1. The fraction of sp³-hybridized carbons (Fsp3) is 0.455. The maximum absolute atomic E-state index is 12.6. The summed E-state index contributed by atoms with van der Waals surface area (Å²) in [4.78, 5) is 17.2. The number of carbonyl (C=O) groups excluding carboxylic acids is 1. The number of carbonyl (C=O) groups is 1. The van der Waals surface area contributed by atoms with E-state index in [1.54, 1.807) is 7.11 Å². The van der Waals surface area contributed by atoms with Gasteiger partial charge in [0.05, 0.1) is 7.11 Å². The van der Waals surface area contributed by atoms with Gasteiger partial charge in [-0.1, -0.05) is 18.2 Å². The molecule has 1 aliphatic rings. The second-order valence-corrected chi connectivity index (χ2v) is 8.38. The zero-order chi connectivity index (χ0) is 20.5. The monoisotopic (exact) mass is 382 g/mol. The second kappa shape index (κ2) is 7.43. The number of methoxy groups -OCH3 is 1. The van der Waals surface area contributed by atoms with Gasteiger partial charge in [0.15, 0.2) is 0 Å². The molecule has 6 heteroatoms. The van der Waals surface area contributed by atoms with Crippen molar-refractivity contribution in [2.75, 3.05) is 25.5 Å². The topological polar surface area (TPSA) is 75.3 Å². The van der Waals surface area contributed by atoms with E-state index < -0.39 is 0 Å². The quantitative estimate of drug-likeness (QED) is 0.669. The van der Waals surface area contributed by atoms with E-state index in [0.29, 0.717) is 13.1 Å². The molecule has 3 N–H and O–H groups in total. The van der Waals surface area contributed by atoms with Gasteiger partial charge in [0, 0.05) is 46.5 Å². The molecule has 0 saturated carbocycles. The molecule has 1 amide bonds. The molecule has 0 fully saturated rings. The van der Waals surface area contributed by atoms with Crippen LogP contribution in [0.4, 0.5) is 5.69 Å². The van der Waals surface area contributed by atoms with Crippen molar-refractivity contribution in [2.45, 2.75) is 45.7 Å². The fourth-order valence-electron chi connectivity index (χ4n) is 3.93. The Morgan fingerprint density at radius 2 is 1.96 bits per heavy atom. The standard InChI is InChI=1S/C22H30N4O2/c1-14-12-17(15-8-7-9-18(28-6)19(15)25-14)23-10-11-24-20(27)16-13-21(2,3)26-22(16,4)5/h7-9,12-13,26H,10-11H2,1-6H3,(H,23,25)(H,24,27). The van der Waals surface area contributed by atoms with E-state index in [9.17, 15) is 4.79 Å². The Morgan fingerprint density at radius 3 is 2.61 bits per heavy atom. The van der Waals surface area contributed by atoms with Gasteiger partial charge in [0.2, 0.25) is 5.91 Å². The number of pyridine rings is 1. The fourth-order valence-corrected chi connectivity index (χ4v) is 3.93. The third-order valence-corrected chi connectivity index (χ3v) is 4.93. The van der Waals surface area contributed by atoms with Crippen LogP contribution < -0.4 is 20.7 Å². The first-order valence-electron chi connectivity index (χ1n) is 9.62. The predicted octanol–water partition coefficient (Wildman–Crippen LogP) is 3.17. The molecular weight excluding hydrogens is 352 g/mol. The van der Waals surface area contributed by atoms with Gasteiger partial charge >= 0.3 is 0 Å². The highest BCUT2D eigenvalue weighted by atomic mass is 16.5. The smallest absolute Gasteiger partial charge is 0.248 e. The maximum Gasteiger partial charge on any atom is 0.248 e. The lowest BCUT2D eigenvalue weighted by Gasteiger charge is -2.27. The molecule has 0 unspecified atom stereocenters. The number of nitrogens with zero attached hydrogens (tertiary/aromatic N) is 1. The summed E-state index contributed by atoms with van der Waals surface area (Å²) >= 11 is 0. The van der Waals surface area contributed by atoms with Crippen molar-refractivity contribution in [1.82, 2.24) is 15.6 Å². The van der Waals surface area contributed by atoms with Crippen LogP contribution in [-0.2, 0) is 4.79 Å². The van der Waals surface area contributed by atoms with E-state index in [1.807, 2.05) is 51.1 Å². The van der Waals surface area contributed by atoms with Crippen LogP contribution in [0.15, 0.2) is 35.9 Å². The molecule has 0 atom stereocenters. The van der Waals surface area contributed by atoms with Gasteiger partial charge in [0.25, 0.3) is 0 Å². The first kappa shape index (κ1) is 20.1. The van der Waals surface area contributed by atoms with E-state index in [2.05, 4.69) is 34.8 Å². The van der Waals surface area contributed by atoms with E-state index in [0.717, 1.165) is 33.6 Å². The molecule has 3 rings (SSSR count). The molecule has 150 valence electrons. The minimum absolute atomic E-state index is 0.0256. The Hall–Kier alpha value is -2.60. The Morgan fingerprint density at radius 1 is 1.21 bits per heavy atom. The molecule has 0 radical (unpaired) electrons. The zero-order valence-electron chi connectivity index (χ0n) is 17.6. The summed E-state index contributed by atoms with van der Waals surface area (Å²) in [6.07, 6.45) is 2.02. The molecule has 0 bridgehead atoms. The first-order valence-corrected chi connectivity index (χ1v) is 9.62. The summed E-state index contributed by atoms with van der Waals surface area (Å²) in [5.41, 5.74) is 3.00. The van der Waals surface area contributed by atoms with Crippen LogP contribution in [0.5, 0.6) is 5.75 Å². The Bertz CT molecular complexity index is 932. The number of fused-ring (bicyclic) bond motifs is 1. The molecule has 6 nitrogen and oxygen atoms in total. The van der Waals surface area contributed by atoms with Crippen molar-refractivity contribution in [3.8, 4) is 5.75 Å². The summed E-state index contributed by atoms with van der Waals surface area (Å²) < 4.78 is 5.43. The number of rotatable bonds is 6. The van der Waals surface area contributed by atoms with Gasteiger partial charge in [-0.15, -0.1) is 0 Å². The van der Waals surface area contributed by atoms with Crippen molar-refractivity contribution in [1.29, 1.82) is 0 Å².